The molecule has 0 radical (unpaired) electrons. The molecule has 3 heteroatoms. The van der Waals surface area contributed by atoms with Crippen molar-refractivity contribution in [2.24, 2.45) is 17.3 Å². The Kier molecular flexibility index (Phi) is 5.11. The van der Waals surface area contributed by atoms with Crippen LogP contribution in [-0.2, 0) is 10.4 Å². The van der Waals surface area contributed by atoms with E-state index in [0.717, 1.165) is 61.8 Å². The Balaban J connectivity index is 1.37. The van der Waals surface area contributed by atoms with E-state index in [1.807, 2.05) is 42.5 Å². The Morgan fingerprint density at radius 1 is 0.971 bits per heavy atom. The minimum absolute atomic E-state index is 0.0615. The third-order valence-electron chi connectivity index (χ3n) is 9.75. The second-order valence-electron chi connectivity index (χ2n) is 11.0. The Hall–Kier alpha value is -2.65. The van der Waals surface area contributed by atoms with Crippen LogP contribution < -0.4 is 4.74 Å². The van der Waals surface area contributed by atoms with E-state index in [-0.39, 0.29) is 17.1 Å². The van der Waals surface area contributed by atoms with Gasteiger partial charge >= 0.3 is 0 Å². The standard InChI is InChI=1S/C31H34O3/c1-30-16-14-22-23(26(30)15-17-31(30,33)27-10-6-7-11-29(27)34-2)13-12-21-18-28(32)25(19-24(21)22)20-8-4-3-5-9-20/h3-11,18,23,25-26,33H,12-17,19H2,1-2H3/t23-,25?,26+,30+,31-/m1/s1. The van der Waals surface area contributed by atoms with Gasteiger partial charge in [-0.3, -0.25) is 4.79 Å². The van der Waals surface area contributed by atoms with E-state index in [4.69, 9.17) is 4.74 Å². The first-order chi connectivity index (χ1) is 16.5. The lowest BCUT2D eigenvalue weighted by Gasteiger charge is -2.52. The summed E-state index contributed by atoms with van der Waals surface area (Å²) in [6.07, 6.45) is 8.66. The van der Waals surface area contributed by atoms with Gasteiger partial charge in [0.25, 0.3) is 0 Å². The number of methoxy groups -OCH3 is 1. The average Bonchev–Trinajstić information content (AvgIpc) is 3.15. The van der Waals surface area contributed by atoms with Crippen molar-refractivity contribution in [3.63, 3.8) is 0 Å². The smallest absolute Gasteiger partial charge is 0.163 e. The minimum Gasteiger partial charge on any atom is -0.496 e. The van der Waals surface area contributed by atoms with Gasteiger partial charge in [0.2, 0.25) is 0 Å². The normalized spacial score (nSPS) is 34.7. The second-order valence-corrected chi connectivity index (χ2v) is 11.0. The van der Waals surface area contributed by atoms with Gasteiger partial charge in [-0.15, -0.1) is 0 Å². The number of para-hydroxylation sites is 1. The lowest BCUT2D eigenvalue weighted by molar-refractivity contribution is -0.116. The van der Waals surface area contributed by atoms with Crippen LogP contribution in [0.4, 0.5) is 0 Å². The van der Waals surface area contributed by atoms with Crippen LogP contribution in [-0.4, -0.2) is 18.0 Å². The maximum Gasteiger partial charge on any atom is 0.163 e. The van der Waals surface area contributed by atoms with Crippen molar-refractivity contribution in [3.05, 3.63) is 88.5 Å². The van der Waals surface area contributed by atoms with Crippen molar-refractivity contribution < 1.29 is 14.6 Å². The molecule has 1 N–H and O–H groups in total. The van der Waals surface area contributed by atoms with Crippen LogP contribution in [0.5, 0.6) is 5.75 Å². The molecular weight excluding hydrogens is 420 g/mol. The maximum absolute atomic E-state index is 13.0. The predicted octanol–water partition coefficient (Wildman–Crippen LogP) is 6.48. The molecule has 2 saturated carbocycles. The summed E-state index contributed by atoms with van der Waals surface area (Å²) in [5, 5.41) is 12.2. The number of benzene rings is 2. The van der Waals surface area contributed by atoms with Gasteiger partial charge in [0, 0.05) is 11.0 Å². The van der Waals surface area contributed by atoms with E-state index in [0.29, 0.717) is 11.8 Å². The van der Waals surface area contributed by atoms with E-state index in [2.05, 4.69) is 25.1 Å². The fraction of sp³-hybridized carbons (Fsp3) is 0.452. The molecule has 5 atom stereocenters. The first kappa shape index (κ1) is 21.9. The van der Waals surface area contributed by atoms with E-state index in [9.17, 15) is 9.90 Å². The number of rotatable bonds is 3. The third kappa shape index (κ3) is 3.02. The summed E-state index contributed by atoms with van der Waals surface area (Å²) >= 11 is 0. The molecule has 1 unspecified atom stereocenters. The van der Waals surface area contributed by atoms with Gasteiger partial charge in [-0.25, -0.2) is 0 Å². The highest BCUT2D eigenvalue weighted by Gasteiger charge is 2.62. The van der Waals surface area contributed by atoms with Gasteiger partial charge in [-0.1, -0.05) is 61.0 Å². The second kappa shape index (κ2) is 7.95. The number of hydrogen-bond donors (Lipinski definition) is 1. The highest BCUT2D eigenvalue weighted by atomic mass is 16.5. The first-order valence-electron chi connectivity index (χ1n) is 12.8. The van der Waals surface area contributed by atoms with Crippen LogP contribution in [0.25, 0.3) is 0 Å². The molecule has 2 aromatic rings. The number of ether oxygens (including phenoxy) is 1. The summed E-state index contributed by atoms with van der Waals surface area (Å²) in [6.45, 7) is 2.32. The Morgan fingerprint density at radius 2 is 1.74 bits per heavy atom. The molecule has 0 aromatic heterocycles. The molecule has 0 amide bonds. The number of carbonyl (C=O) groups is 1. The number of fused-ring (bicyclic) bond motifs is 4. The molecule has 2 aromatic carbocycles. The minimum atomic E-state index is -0.869. The molecule has 0 heterocycles. The Bertz CT molecular complexity index is 1190. The third-order valence-corrected chi connectivity index (χ3v) is 9.75. The molecule has 2 fully saturated rings. The number of ketones is 1. The summed E-state index contributed by atoms with van der Waals surface area (Å²) in [5.41, 5.74) is 5.35. The Labute approximate surface area is 202 Å². The van der Waals surface area contributed by atoms with Crippen LogP contribution in [0, 0.1) is 17.3 Å². The molecule has 4 aliphatic carbocycles. The van der Waals surface area contributed by atoms with Gasteiger partial charge in [0.1, 0.15) is 5.75 Å². The molecule has 0 saturated heterocycles. The summed E-state index contributed by atoms with van der Waals surface area (Å²) in [4.78, 5) is 13.0. The fourth-order valence-corrected chi connectivity index (χ4v) is 7.95. The molecule has 0 aliphatic heterocycles. The first-order valence-corrected chi connectivity index (χ1v) is 12.8. The molecule has 34 heavy (non-hydrogen) atoms. The van der Waals surface area contributed by atoms with Crippen LogP contribution in [0.2, 0.25) is 0 Å². The van der Waals surface area contributed by atoms with Crippen molar-refractivity contribution in [1.29, 1.82) is 0 Å². The predicted molar refractivity (Wildman–Crippen MR) is 134 cm³/mol. The van der Waals surface area contributed by atoms with Crippen LogP contribution in [0.3, 0.4) is 0 Å². The van der Waals surface area contributed by atoms with E-state index < -0.39 is 5.60 Å². The molecule has 0 spiro atoms. The summed E-state index contributed by atoms with van der Waals surface area (Å²) < 4.78 is 5.68. The topological polar surface area (TPSA) is 46.5 Å². The van der Waals surface area contributed by atoms with Crippen LogP contribution in [0.1, 0.15) is 68.9 Å². The quantitative estimate of drug-likeness (QED) is 0.577. The molecule has 0 bridgehead atoms. The van der Waals surface area contributed by atoms with Crippen molar-refractivity contribution in [3.8, 4) is 5.75 Å². The summed E-state index contributed by atoms with van der Waals surface area (Å²) in [5.74, 6) is 1.94. The van der Waals surface area contributed by atoms with E-state index >= 15 is 0 Å². The van der Waals surface area contributed by atoms with Crippen LogP contribution in [0.15, 0.2) is 77.4 Å². The van der Waals surface area contributed by atoms with Gasteiger partial charge in [-0.05, 0) is 85.6 Å². The van der Waals surface area contributed by atoms with Gasteiger partial charge < -0.3 is 9.84 Å². The van der Waals surface area contributed by atoms with E-state index in [1.54, 1.807) is 12.7 Å². The highest BCUT2D eigenvalue weighted by Crippen LogP contribution is 2.67. The average molecular weight is 455 g/mol. The molecule has 3 nitrogen and oxygen atoms in total. The lowest BCUT2D eigenvalue weighted by atomic mass is 9.54. The molecule has 176 valence electrons. The molecular formula is C31H34O3. The van der Waals surface area contributed by atoms with Gasteiger partial charge in [0.15, 0.2) is 5.78 Å². The van der Waals surface area contributed by atoms with Gasteiger partial charge in [-0.2, -0.15) is 0 Å². The zero-order chi connectivity index (χ0) is 23.5. The molecule has 4 aliphatic rings. The monoisotopic (exact) mass is 454 g/mol. The largest absolute Gasteiger partial charge is 0.496 e. The zero-order valence-corrected chi connectivity index (χ0v) is 20.2. The van der Waals surface area contributed by atoms with Crippen molar-refractivity contribution in [1.82, 2.24) is 0 Å². The molecule has 6 rings (SSSR count). The van der Waals surface area contributed by atoms with Crippen molar-refractivity contribution in [2.45, 2.75) is 63.4 Å². The van der Waals surface area contributed by atoms with Crippen molar-refractivity contribution in [2.75, 3.05) is 7.11 Å². The summed E-state index contributed by atoms with van der Waals surface area (Å²) in [7, 11) is 1.70. The Morgan fingerprint density at radius 3 is 2.53 bits per heavy atom. The number of carbonyl (C=O) groups excluding carboxylic acids is 1. The zero-order valence-electron chi connectivity index (χ0n) is 20.2. The fourth-order valence-electron chi connectivity index (χ4n) is 7.95. The summed E-state index contributed by atoms with van der Waals surface area (Å²) in [6, 6.07) is 18.3. The highest BCUT2D eigenvalue weighted by molar-refractivity contribution is 5.98. The van der Waals surface area contributed by atoms with Crippen LogP contribution >= 0.6 is 0 Å². The number of hydrogen-bond acceptors (Lipinski definition) is 3. The van der Waals surface area contributed by atoms with Gasteiger partial charge in [0.05, 0.1) is 18.6 Å². The van der Waals surface area contributed by atoms with E-state index in [1.165, 1.54) is 11.1 Å². The maximum atomic E-state index is 13.0. The van der Waals surface area contributed by atoms with Crippen molar-refractivity contribution >= 4 is 5.78 Å². The number of allylic oxidation sites excluding steroid dienone is 4. The lowest BCUT2D eigenvalue weighted by Crippen LogP contribution is -2.48. The number of aliphatic hydroxyl groups is 1. The SMILES string of the molecule is COc1ccccc1[C@]1(O)CC[C@H]2[C@@H]3CCC4=CC(=O)C(c5ccccc5)CC4=C3CC[C@@]21C.